The van der Waals surface area contributed by atoms with Crippen LogP contribution in [0.1, 0.15) is 5.56 Å². The van der Waals surface area contributed by atoms with Gasteiger partial charge in [0.05, 0.1) is 5.69 Å². The van der Waals surface area contributed by atoms with E-state index in [9.17, 15) is 0 Å². The van der Waals surface area contributed by atoms with Crippen molar-refractivity contribution in [1.29, 1.82) is 5.26 Å². The van der Waals surface area contributed by atoms with Crippen LogP contribution in [0.2, 0.25) is 0 Å². The minimum atomic E-state index is 0.0953. The summed E-state index contributed by atoms with van der Waals surface area (Å²) < 4.78 is 0.987. The lowest BCUT2D eigenvalue weighted by Crippen LogP contribution is -2.26. The molecule has 0 aliphatic heterocycles. The topological polar surface area (TPSA) is 74.2 Å². The number of hydrogen-bond acceptors (Lipinski definition) is 2. The highest BCUT2D eigenvalue weighted by Crippen LogP contribution is 2.22. The third-order valence-corrected chi connectivity index (χ3v) is 2.08. The van der Waals surface area contributed by atoms with Gasteiger partial charge in [-0.05, 0) is 30.7 Å². The highest BCUT2D eigenvalue weighted by molar-refractivity contribution is 9.10. The summed E-state index contributed by atoms with van der Waals surface area (Å²) in [5.41, 5.74) is 7.16. The normalized spacial score (nSPS) is 10.8. The lowest BCUT2D eigenvalue weighted by atomic mass is 10.2. The molecule has 0 atom stereocenters. The number of nitrogens with zero attached hydrogens (tertiary/aromatic N) is 2. The maximum Gasteiger partial charge on any atom is 0.207 e. The first-order chi connectivity index (χ1) is 6.63. The van der Waals surface area contributed by atoms with Crippen LogP contribution in [0.15, 0.2) is 27.7 Å². The molecule has 0 heterocycles. The summed E-state index contributed by atoms with van der Waals surface area (Å²) in [6, 6.07) is 5.62. The zero-order chi connectivity index (χ0) is 10.6. The van der Waals surface area contributed by atoms with Crippen molar-refractivity contribution in [2.75, 3.05) is 0 Å². The Morgan fingerprint density at radius 2 is 2.36 bits per heavy atom. The molecule has 0 spiro atoms. The molecular weight excluding hydrogens is 244 g/mol. The van der Waals surface area contributed by atoms with Crippen molar-refractivity contribution in [3.8, 4) is 6.19 Å². The Labute approximate surface area is 90.6 Å². The Kier molecular flexibility index (Phi) is 3.48. The second kappa shape index (κ2) is 4.63. The van der Waals surface area contributed by atoms with Gasteiger partial charge in [0, 0.05) is 4.47 Å². The summed E-state index contributed by atoms with van der Waals surface area (Å²) in [5.74, 6) is 0.0953. The molecule has 1 aromatic carbocycles. The van der Waals surface area contributed by atoms with Crippen molar-refractivity contribution < 1.29 is 0 Å². The van der Waals surface area contributed by atoms with Gasteiger partial charge in [-0.3, -0.25) is 5.32 Å². The van der Waals surface area contributed by atoms with E-state index in [1.807, 2.05) is 25.1 Å². The molecule has 0 saturated carbocycles. The third-order valence-electron chi connectivity index (χ3n) is 1.58. The highest BCUT2D eigenvalue weighted by Gasteiger charge is 1.98. The molecule has 0 unspecified atom stereocenters. The van der Waals surface area contributed by atoms with Crippen LogP contribution >= 0.6 is 15.9 Å². The molecule has 0 fully saturated rings. The number of rotatable bonds is 1. The van der Waals surface area contributed by atoms with Gasteiger partial charge >= 0.3 is 0 Å². The zero-order valence-electron chi connectivity index (χ0n) is 7.58. The van der Waals surface area contributed by atoms with E-state index in [-0.39, 0.29) is 5.96 Å². The van der Waals surface area contributed by atoms with Gasteiger partial charge in [0.15, 0.2) is 6.19 Å². The summed E-state index contributed by atoms with van der Waals surface area (Å²) >= 11 is 3.35. The van der Waals surface area contributed by atoms with Gasteiger partial charge in [0.1, 0.15) is 0 Å². The average molecular weight is 253 g/mol. The van der Waals surface area contributed by atoms with Gasteiger partial charge in [0.25, 0.3) is 0 Å². The Morgan fingerprint density at radius 3 is 2.93 bits per heavy atom. The van der Waals surface area contributed by atoms with Crippen molar-refractivity contribution in [3.63, 3.8) is 0 Å². The van der Waals surface area contributed by atoms with E-state index >= 15 is 0 Å². The molecule has 0 bridgehead atoms. The molecule has 5 heteroatoms. The quantitative estimate of drug-likeness (QED) is 0.346. The van der Waals surface area contributed by atoms with E-state index in [1.54, 1.807) is 6.19 Å². The number of aliphatic imine (C=N–C) groups is 1. The van der Waals surface area contributed by atoms with Crippen LogP contribution in [0.3, 0.4) is 0 Å². The van der Waals surface area contributed by atoms with E-state index in [1.165, 1.54) is 0 Å². The molecule has 0 aliphatic carbocycles. The number of guanidine groups is 1. The van der Waals surface area contributed by atoms with Crippen molar-refractivity contribution in [3.05, 3.63) is 28.2 Å². The molecule has 14 heavy (non-hydrogen) atoms. The minimum absolute atomic E-state index is 0.0953. The van der Waals surface area contributed by atoms with Crippen LogP contribution < -0.4 is 11.1 Å². The predicted molar refractivity (Wildman–Crippen MR) is 58.9 cm³/mol. The first kappa shape index (κ1) is 10.5. The highest BCUT2D eigenvalue weighted by atomic mass is 79.9. The van der Waals surface area contributed by atoms with E-state index in [4.69, 9.17) is 11.0 Å². The Bertz CT molecular complexity index is 406. The minimum Gasteiger partial charge on any atom is -0.369 e. The van der Waals surface area contributed by atoms with E-state index in [0.717, 1.165) is 15.7 Å². The fourth-order valence-electron chi connectivity index (χ4n) is 0.959. The second-order valence-electron chi connectivity index (χ2n) is 2.66. The number of nitriles is 1. The van der Waals surface area contributed by atoms with Crippen molar-refractivity contribution in [2.24, 2.45) is 10.7 Å². The summed E-state index contributed by atoms with van der Waals surface area (Å²) in [5, 5.41) is 10.6. The second-order valence-corrected chi connectivity index (χ2v) is 3.58. The lowest BCUT2D eigenvalue weighted by Gasteiger charge is -2.01. The smallest absolute Gasteiger partial charge is 0.207 e. The fraction of sp³-hybridized carbons (Fsp3) is 0.111. The number of hydrogen-bond donors (Lipinski definition) is 2. The fourth-order valence-corrected chi connectivity index (χ4v) is 1.43. The molecule has 1 aromatic rings. The van der Waals surface area contributed by atoms with E-state index in [0.29, 0.717) is 0 Å². The number of aryl methyl sites for hydroxylation is 1. The van der Waals surface area contributed by atoms with Gasteiger partial charge in [0.2, 0.25) is 5.96 Å². The SMILES string of the molecule is Cc1cc(Br)ccc1N=C(N)NC#N. The average Bonchev–Trinajstić information content (AvgIpc) is 2.10. The van der Waals surface area contributed by atoms with Gasteiger partial charge < -0.3 is 5.73 Å². The Hall–Kier alpha value is -1.54. The summed E-state index contributed by atoms with van der Waals surface area (Å²) in [6.45, 7) is 1.92. The van der Waals surface area contributed by atoms with Crippen LogP contribution in [0.5, 0.6) is 0 Å². The number of nitrogens with two attached hydrogens (primary N) is 1. The number of halogens is 1. The molecule has 0 aliphatic rings. The van der Waals surface area contributed by atoms with Crippen molar-refractivity contribution in [1.82, 2.24) is 5.32 Å². The summed E-state index contributed by atoms with van der Waals surface area (Å²) in [4.78, 5) is 4.03. The van der Waals surface area contributed by atoms with Gasteiger partial charge in [-0.1, -0.05) is 15.9 Å². The molecule has 4 nitrogen and oxygen atoms in total. The summed E-state index contributed by atoms with van der Waals surface area (Å²) in [6.07, 6.45) is 1.70. The molecule has 0 amide bonds. The molecule has 0 saturated heterocycles. The maximum absolute atomic E-state index is 8.30. The molecule has 3 N–H and O–H groups in total. The van der Waals surface area contributed by atoms with Crippen LogP contribution in [-0.4, -0.2) is 5.96 Å². The van der Waals surface area contributed by atoms with Crippen LogP contribution in [0, 0.1) is 18.4 Å². The third kappa shape index (κ3) is 2.75. The summed E-state index contributed by atoms with van der Waals surface area (Å²) in [7, 11) is 0. The first-order valence-corrected chi connectivity index (χ1v) is 4.68. The van der Waals surface area contributed by atoms with Gasteiger partial charge in [-0.15, -0.1) is 0 Å². The molecule has 72 valence electrons. The largest absolute Gasteiger partial charge is 0.369 e. The van der Waals surface area contributed by atoms with Crippen LogP contribution in [-0.2, 0) is 0 Å². The molecule has 0 radical (unpaired) electrons. The Morgan fingerprint density at radius 1 is 1.64 bits per heavy atom. The van der Waals surface area contributed by atoms with Crippen LogP contribution in [0.4, 0.5) is 5.69 Å². The van der Waals surface area contributed by atoms with Crippen molar-refractivity contribution >= 4 is 27.6 Å². The van der Waals surface area contributed by atoms with Crippen molar-refractivity contribution in [2.45, 2.75) is 6.92 Å². The van der Waals surface area contributed by atoms with Crippen LogP contribution in [0.25, 0.3) is 0 Å². The standard InChI is InChI=1S/C9H9BrN4/c1-6-4-7(10)2-3-8(6)14-9(12)13-5-11/h2-4H,1H3,(H3,12,13,14). The molecule has 1 rings (SSSR count). The van der Waals surface area contributed by atoms with E-state index < -0.39 is 0 Å². The van der Waals surface area contributed by atoms with Gasteiger partial charge in [-0.25, -0.2) is 4.99 Å². The predicted octanol–water partition coefficient (Wildman–Crippen LogP) is 1.77. The number of nitrogens with one attached hydrogen (secondary N) is 1. The first-order valence-electron chi connectivity index (χ1n) is 3.89. The maximum atomic E-state index is 8.30. The Balaban J connectivity index is 2.98. The lowest BCUT2D eigenvalue weighted by molar-refractivity contribution is 1.21. The van der Waals surface area contributed by atoms with E-state index in [2.05, 4.69) is 26.2 Å². The molecule has 0 aromatic heterocycles. The number of benzene rings is 1. The van der Waals surface area contributed by atoms with Gasteiger partial charge in [-0.2, -0.15) is 5.26 Å². The zero-order valence-corrected chi connectivity index (χ0v) is 9.17. The monoisotopic (exact) mass is 252 g/mol. The molecular formula is C9H9BrN4.